The van der Waals surface area contributed by atoms with Gasteiger partial charge in [0.1, 0.15) is 6.04 Å². The van der Waals surface area contributed by atoms with Crippen LogP contribution >= 0.6 is 0 Å². The third-order valence-electron chi connectivity index (χ3n) is 7.29. The van der Waals surface area contributed by atoms with Gasteiger partial charge in [0.15, 0.2) is 0 Å². The van der Waals surface area contributed by atoms with Crippen molar-refractivity contribution >= 4 is 23.4 Å². The second-order valence-corrected chi connectivity index (χ2v) is 9.85. The number of nitrogens with one attached hydrogen (secondary N) is 1. The van der Waals surface area contributed by atoms with Crippen LogP contribution in [0.3, 0.4) is 0 Å². The minimum Gasteiger partial charge on any atom is -0.346 e. The van der Waals surface area contributed by atoms with Crippen molar-refractivity contribution in [3.63, 3.8) is 0 Å². The molecular formula is C30H31N3O3. The summed E-state index contributed by atoms with van der Waals surface area (Å²) >= 11 is 0. The van der Waals surface area contributed by atoms with Gasteiger partial charge in [-0.25, -0.2) is 0 Å². The maximum Gasteiger partial charge on any atom is 0.256 e. The minimum absolute atomic E-state index is 0.0464. The van der Waals surface area contributed by atoms with E-state index in [4.69, 9.17) is 0 Å². The van der Waals surface area contributed by atoms with Gasteiger partial charge in [0.2, 0.25) is 5.91 Å². The van der Waals surface area contributed by atoms with E-state index in [2.05, 4.69) is 37.4 Å². The number of carbonyl (C=O) groups excluding carboxylic acids is 3. The Morgan fingerprint density at radius 2 is 1.78 bits per heavy atom. The zero-order chi connectivity index (χ0) is 25.4. The van der Waals surface area contributed by atoms with Gasteiger partial charge in [-0.2, -0.15) is 0 Å². The molecule has 3 aromatic rings. The maximum atomic E-state index is 13.5. The molecule has 1 fully saturated rings. The third-order valence-corrected chi connectivity index (χ3v) is 7.29. The molecule has 2 atom stereocenters. The molecule has 0 saturated carbocycles. The smallest absolute Gasteiger partial charge is 0.256 e. The Kier molecular flexibility index (Phi) is 6.35. The van der Waals surface area contributed by atoms with Crippen molar-refractivity contribution in [2.24, 2.45) is 0 Å². The molecule has 6 heteroatoms. The minimum atomic E-state index is -0.415. The monoisotopic (exact) mass is 481 g/mol. The van der Waals surface area contributed by atoms with Crippen LogP contribution in [0.15, 0.2) is 66.7 Å². The highest BCUT2D eigenvalue weighted by molar-refractivity contribution is 6.11. The molecule has 0 aliphatic carbocycles. The molecule has 2 aliphatic heterocycles. The Bertz CT molecular complexity index is 1330. The summed E-state index contributed by atoms with van der Waals surface area (Å²) < 4.78 is 0. The van der Waals surface area contributed by atoms with Gasteiger partial charge < -0.3 is 15.1 Å². The van der Waals surface area contributed by atoms with E-state index in [1.165, 1.54) is 5.56 Å². The van der Waals surface area contributed by atoms with Crippen molar-refractivity contribution in [2.75, 3.05) is 11.4 Å². The number of para-hydroxylation sites is 1. The zero-order valence-electron chi connectivity index (χ0n) is 21.0. The topological polar surface area (TPSA) is 69.7 Å². The summed E-state index contributed by atoms with van der Waals surface area (Å²) in [4.78, 5) is 42.9. The first-order valence-electron chi connectivity index (χ1n) is 12.5. The largest absolute Gasteiger partial charge is 0.346 e. The third kappa shape index (κ3) is 4.39. The highest BCUT2D eigenvalue weighted by Gasteiger charge is 2.41. The van der Waals surface area contributed by atoms with Gasteiger partial charge in [0.25, 0.3) is 11.8 Å². The fourth-order valence-corrected chi connectivity index (χ4v) is 5.39. The molecule has 2 heterocycles. The average molecular weight is 482 g/mol. The molecule has 6 nitrogen and oxygen atoms in total. The van der Waals surface area contributed by atoms with E-state index < -0.39 is 6.04 Å². The molecule has 1 N–H and O–H groups in total. The second-order valence-electron chi connectivity index (χ2n) is 9.85. The first-order chi connectivity index (χ1) is 17.3. The van der Waals surface area contributed by atoms with Crippen LogP contribution in [0, 0.1) is 13.8 Å². The van der Waals surface area contributed by atoms with Gasteiger partial charge in [-0.05, 0) is 74.6 Å². The van der Waals surface area contributed by atoms with Crippen LogP contribution in [0.25, 0.3) is 0 Å². The number of benzene rings is 3. The molecule has 0 spiro atoms. The van der Waals surface area contributed by atoms with Gasteiger partial charge in [0, 0.05) is 12.1 Å². The summed E-state index contributed by atoms with van der Waals surface area (Å²) in [6, 6.07) is 20.4. The summed E-state index contributed by atoms with van der Waals surface area (Å²) in [6.07, 6.45) is 1.52. The number of hydrogen-bond acceptors (Lipinski definition) is 3. The molecule has 184 valence electrons. The van der Waals surface area contributed by atoms with E-state index in [-0.39, 0.29) is 23.8 Å². The van der Waals surface area contributed by atoms with Crippen molar-refractivity contribution in [3.8, 4) is 0 Å². The van der Waals surface area contributed by atoms with E-state index in [0.29, 0.717) is 36.3 Å². The Hall–Kier alpha value is -3.93. The molecule has 0 aromatic heterocycles. The van der Waals surface area contributed by atoms with Gasteiger partial charge in [0.05, 0.1) is 23.8 Å². The van der Waals surface area contributed by atoms with Crippen LogP contribution in [-0.2, 0) is 11.3 Å². The van der Waals surface area contributed by atoms with Crippen LogP contribution in [-0.4, -0.2) is 35.2 Å². The lowest BCUT2D eigenvalue weighted by Gasteiger charge is -2.26. The summed E-state index contributed by atoms with van der Waals surface area (Å²) in [7, 11) is 0. The van der Waals surface area contributed by atoms with E-state index in [1.807, 2.05) is 37.3 Å². The fraction of sp³-hybridized carbons (Fsp3) is 0.300. The van der Waals surface area contributed by atoms with Gasteiger partial charge in [-0.3, -0.25) is 14.4 Å². The molecule has 2 aliphatic rings. The Labute approximate surface area is 211 Å². The SMILES string of the molecule is Cc1ccc([C@H](C)NC(=O)c2ccc(CN3C(=O)[C@H]4CCCN4C(=O)c4ccccc43)cc2)c(C)c1. The molecule has 36 heavy (non-hydrogen) atoms. The first kappa shape index (κ1) is 23.8. The highest BCUT2D eigenvalue weighted by atomic mass is 16.2. The lowest BCUT2D eigenvalue weighted by atomic mass is 10.00. The lowest BCUT2D eigenvalue weighted by molar-refractivity contribution is -0.122. The molecule has 1 saturated heterocycles. The van der Waals surface area contributed by atoms with Crippen molar-refractivity contribution in [1.82, 2.24) is 10.2 Å². The predicted octanol–water partition coefficient (Wildman–Crippen LogP) is 4.95. The zero-order valence-corrected chi connectivity index (χ0v) is 21.0. The highest BCUT2D eigenvalue weighted by Crippen LogP contribution is 2.33. The normalized spacial score (nSPS) is 17.9. The number of rotatable bonds is 5. The van der Waals surface area contributed by atoms with Crippen LogP contribution in [0.1, 0.15) is 68.8 Å². The number of hydrogen-bond donors (Lipinski definition) is 1. The predicted molar refractivity (Wildman–Crippen MR) is 140 cm³/mol. The van der Waals surface area contributed by atoms with Gasteiger partial charge in [-0.1, -0.05) is 48.0 Å². The van der Waals surface area contributed by atoms with E-state index in [0.717, 1.165) is 23.1 Å². The molecular weight excluding hydrogens is 450 g/mol. The van der Waals surface area contributed by atoms with Gasteiger partial charge in [-0.15, -0.1) is 0 Å². The summed E-state index contributed by atoms with van der Waals surface area (Å²) in [5.41, 5.74) is 6.11. The van der Waals surface area contributed by atoms with E-state index in [1.54, 1.807) is 28.0 Å². The van der Waals surface area contributed by atoms with Crippen LogP contribution in [0.5, 0.6) is 0 Å². The summed E-state index contributed by atoms with van der Waals surface area (Å²) in [5.74, 6) is -0.263. The lowest BCUT2D eigenvalue weighted by Crippen LogP contribution is -2.44. The summed E-state index contributed by atoms with van der Waals surface area (Å²) in [5, 5.41) is 3.09. The molecule has 3 aromatic carbocycles. The summed E-state index contributed by atoms with van der Waals surface area (Å²) in [6.45, 7) is 7.05. The molecule has 0 radical (unpaired) electrons. The fourth-order valence-electron chi connectivity index (χ4n) is 5.39. The van der Waals surface area contributed by atoms with Crippen molar-refractivity contribution < 1.29 is 14.4 Å². The number of fused-ring (bicyclic) bond motifs is 2. The maximum absolute atomic E-state index is 13.5. The van der Waals surface area contributed by atoms with Crippen LogP contribution < -0.4 is 10.2 Å². The number of carbonyl (C=O) groups is 3. The molecule has 5 rings (SSSR count). The van der Waals surface area contributed by atoms with Crippen LogP contribution in [0.2, 0.25) is 0 Å². The van der Waals surface area contributed by atoms with E-state index in [9.17, 15) is 14.4 Å². The number of anilines is 1. The molecule has 0 unspecified atom stereocenters. The van der Waals surface area contributed by atoms with Crippen molar-refractivity contribution in [3.05, 3.63) is 100 Å². The Morgan fingerprint density at radius 3 is 2.53 bits per heavy atom. The standard InChI is InChI=1S/C30H31N3O3/c1-19-10-15-24(20(2)17-19)21(3)31-28(34)23-13-11-22(12-14-23)18-33-26-8-5-4-7-25(26)29(35)32-16-6-9-27(32)30(33)36/h4-5,7-8,10-15,17,21,27H,6,9,16,18H2,1-3H3,(H,31,34)/t21-,27+/m0/s1. The number of aryl methyl sites for hydroxylation is 2. The second kappa shape index (κ2) is 9.61. The molecule has 3 amide bonds. The quantitative estimate of drug-likeness (QED) is 0.561. The van der Waals surface area contributed by atoms with E-state index >= 15 is 0 Å². The average Bonchev–Trinajstić information content (AvgIpc) is 3.34. The van der Waals surface area contributed by atoms with Crippen molar-refractivity contribution in [1.29, 1.82) is 0 Å². The van der Waals surface area contributed by atoms with Gasteiger partial charge >= 0.3 is 0 Å². The number of nitrogens with zero attached hydrogens (tertiary/aromatic N) is 2. The number of amides is 3. The van der Waals surface area contributed by atoms with Crippen LogP contribution in [0.4, 0.5) is 5.69 Å². The molecule has 0 bridgehead atoms. The Morgan fingerprint density at radius 1 is 1.03 bits per heavy atom. The van der Waals surface area contributed by atoms with Crippen molar-refractivity contribution in [2.45, 2.75) is 52.2 Å². The Balaban J connectivity index is 1.34. The first-order valence-corrected chi connectivity index (χ1v) is 12.5.